The van der Waals surface area contributed by atoms with Gasteiger partial charge in [-0.05, 0) is 49.6 Å². The van der Waals surface area contributed by atoms with E-state index in [0.717, 1.165) is 50.4 Å². The molecular weight excluding hydrogens is 372 g/mol. The minimum Gasteiger partial charge on any atom is -0.364 e. The molecule has 6 nitrogen and oxygen atoms in total. The Morgan fingerprint density at radius 1 is 1.14 bits per heavy atom. The predicted octanol–water partition coefficient (Wildman–Crippen LogP) is 2.33. The molecule has 2 N–H and O–H groups in total. The monoisotopic (exact) mass is 396 g/mol. The number of hydrogen-bond acceptors (Lipinski definition) is 5. The minimum absolute atomic E-state index is 0.00457. The van der Waals surface area contributed by atoms with Gasteiger partial charge in [-0.25, -0.2) is 0 Å². The van der Waals surface area contributed by atoms with E-state index >= 15 is 0 Å². The van der Waals surface area contributed by atoms with Crippen LogP contribution in [0.2, 0.25) is 0 Å². The van der Waals surface area contributed by atoms with E-state index in [0.29, 0.717) is 10.9 Å². The summed E-state index contributed by atoms with van der Waals surface area (Å²) in [6.45, 7) is 3.46. The summed E-state index contributed by atoms with van der Waals surface area (Å²) in [5.74, 6) is 0.0586. The minimum atomic E-state index is -0.110. The molecule has 0 radical (unpaired) electrons. The Kier molecular flexibility index (Phi) is 4.56. The third-order valence-corrected chi connectivity index (χ3v) is 6.94. The molecule has 1 atom stereocenters. The van der Waals surface area contributed by atoms with Crippen molar-refractivity contribution in [2.45, 2.75) is 31.3 Å². The van der Waals surface area contributed by atoms with E-state index in [1.807, 2.05) is 17.0 Å². The Labute approximate surface area is 168 Å². The fraction of sp³-hybridized carbons (Fsp3) is 0.429. The first-order valence-corrected chi connectivity index (χ1v) is 10.8. The van der Waals surface area contributed by atoms with Crippen LogP contribution in [-0.2, 0) is 11.2 Å². The van der Waals surface area contributed by atoms with Crippen molar-refractivity contribution < 1.29 is 9.59 Å². The summed E-state index contributed by atoms with van der Waals surface area (Å²) in [5.41, 5.74) is 2.73. The number of amides is 2. The van der Waals surface area contributed by atoms with Gasteiger partial charge in [-0.1, -0.05) is 18.2 Å². The Balaban J connectivity index is 1.17. The van der Waals surface area contributed by atoms with Crippen LogP contribution < -0.4 is 15.5 Å². The number of hydrogen-bond donors (Lipinski definition) is 2. The van der Waals surface area contributed by atoms with Gasteiger partial charge in [-0.3, -0.25) is 9.59 Å². The lowest BCUT2D eigenvalue weighted by molar-refractivity contribution is -0.117. The smallest absolute Gasteiger partial charge is 0.264 e. The van der Waals surface area contributed by atoms with Crippen LogP contribution in [0.1, 0.15) is 28.1 Å². The summed E-state index contributed by atoms with van der Waals surface area (Å²) in [6.07, 6.45) is 2.99. The maximum absolute atomic E-state index is 12.8. The first-order valence-electron chi connectivity index (χ1n) is 9.97. The van der Waals surface area contributed by atoms with Crippen molar-refractivity contribution in [1.29, 1.82) is 0 Å². The number of carbonyl (C=O) groups is 2. The van der Waals surface area contributed by atoms with Crippen molar-refractivity contribution >= 4 is 33.8 Å². The summed E-state index contributed by atoms with van der Waals surface area (Å²) in [7, 11) is 0. The largest absolute Gasteiger partial charge is 0.364 e. The number of para-hydroxylation sites is 1. The average Bonchev–Trinajstić information content (AvgIpc) is 3.41. The van der Waals surface area contributed by atoms with E-state index in [2.05, 4.69) is 39.8 Å². The highest BCUT2D eigenvalue weighted by atomic mass is 32.1. The number of nitrogens with zero attached hydrogens (tertiary/aromatic N) is 2. The second kappa shape index (κ2) is 7.22. The number of rotatable bonds is 4. The molecule has 5 rings (SSSR count). The van der Waals surface area contributed by atoms with E-state index in [-0.39, 0.29) is 17.9 Å². The molecule has 0 unspecified atom stereocenters. The van der Waals surface area contributed by atoms with Crippen molar-refractivity contribution in [1.82, 2.24) is 10.2 Å². The molecule has 0 aliphatic carbocycles. The lowest BCUT2D eigenvalue weighted by Crippen LogP contribution is -2.60. The van der Waals surface area contributed by atoms with Crippen LogP contribution in [-0.4, -0.2) is 55.0 Å². The molecule has 0 spiro atoms. The van der Waals surface area contributed by atoms with Crippen molar-refractivity contribution in [3.05, 3.63) is 46.8 Å². The molecule has 146 valence electrons. The molecule has 1 aromatic carbocycles. The number of benzene rings is 1. The molecule has 2 saturated heterocycles. The highest BCUT2D eigenvalue weighted by Crippen LogP contribution is 2.33. The molecular formula is C21H24N4O2S. The molecule has 0 bridgehead atoms. The number of likely N-dealkylation sites (tertiary alicyclic amines) is 1. The van der Waals surface area contributed by atoms with Gasteiger partial charge in [0.15, 0.2) is 0 Å². The van der Waals surface area contributed by atoms with E-state index in [9.17, 15) is 9.59 Å². The van der Waals surface area contributed by atoms with Crippen LogP contribution in [0.3, 0.4) is 0 Å². The lowest BCUT2D eigenvalue weighted by Gasteiger charge is -2.45. The molecule has 4 heterocycles. The molecule has 7 heteroatoms. The van der Waals surface area contributed by atoms with Gasteiger partial charge < -0.3 is 20.4 Å². The van der Waals surface area contributed by atoms with Gasteiger partial charge in [0.1, 0.15) is 0 Å². The van der Waals surface area contributed by atoms with Crippen molar-refractivity contribution in [3.63, 3.8) is 0 Å². The van der Waals surface area contributed by atoms with Crippen LogP contribution in [0.5, 0.6) is 0 Å². The zero-order valence-electron chi connectivity index (χ0n) is 15.7. The number of carbonyl (C=O) groups excluding carboxylic acids is 2. The van der Waals surface area contributed by atoms with Crippen molar-refractivity contribution in [3.8, 4) is 0 Å². The molecule has 28 heavy (non-hydrogen) atoms. The summed E-state index contributed by atoms with van der Waals surface area (Å²) in [5, 5.41) is 6.87. The first kappa shape index (κ1) is 17.7. The van der Waals surface area contributed by atoms with Crippen LogP contribution in [0.25, 0.3) is 0 Å². The van der Waals surface area contributed by atoms with Gasteiger partial charge in [0.05, 0.1) is 22.0 Å². The fourth-order valence-electron chi connectivity index (χ4n) is 4.35. The highest BCUT2D eigenvalue weighted by Gasteiger charge is 2.38. The molecule has 2 amide bonds. The second-order valence-corrected chi connectivity index (χ2v) is 8.82. The van der Waals surface area contributed by atoms with Gasteiger partial charge in [0.2, 0.25) is 5.91 Å². The zero-order chi connectivity index (χ0) is 19.1. The van der Waals surface area contributed by atoms with Gasteiger partial charge in [-0.15, -0.1) is 11.3 Å². The summed E-state index contributed by atoms with van der Waals surface area (Å²) >= 11 is 1.36. The highest BCUT2D eigenvalue weighted by molar-refractivity contribution is 7.18. The lowest BCUT2D eigenvalue weighted by atomic mass is 10.1. The fourth-order valence-corrected chi connectivity index (χ4v) is 5.23. The molecule has 1 aromatic heterocycles. The number of thiophene rings is 1. The van der Waals surface area contributed by atoms with Crippen LogP contribution >= 0.6 is 11.3 Å². The third kappa shape index (κ3) is 3.18. The molecule has 2 aromatic rings. The quantitative estimate of drug-likeness (QED) is 0.833. The number of anilines is 2. The van der Waals surface area contributed by atoms with Crippen LogP contribution in [0.4, 0.5) is 10.7 Å². The van der Waals surface area contributed by atoms with Crippen LogP contribution in [0.15, 0.2) is 36.4 Å². The number of nitrogens with one attached hydrogen (secondary N) is 2. The first-order chi connectivity index (χ1) is 13.7. The molecule has 2 fully saturated rings. The molecule has 3 aliphatic rings. The third-order valence-electron chi connectivity index (χ3n) is 5.95. The topological polar surface area (TPSA) is 64.7 Å². The maximum atomic E-state index is 12.8. The predicted molar refractivity (Wildman–Crippen MR) is 111 cm³/mol. The normalized spacial score (nSPS) is 21.5. The Morgan fingerprint density at radius 3 is 2.82 bits per heavy atom. The Bertz CT molecular complexity index is 899. The zero-order valence-corrected chi connectivity index (χ0v) is 16.5. The van der Waals surface area contributed by atoms with E-state index in [4.69, 9.17) is 0 Å². The van der Waals surface area contributed by atoms with Gasteiger partial charge >= 0.3 is 0 Å². The Morgan fingerprint density at radius 2 is 2.00 bits per heavy atom. The van der Waals surface area contributed by atoms with Gasteiger partial charge in [0.25, 0.3) is 5.91 Å². The Hall–Kier alpha value is -2.38. The molecule has 0 saturated carbocycles. The van der Waals surface area contributed by atoms with Gasteiger partial charge in [-0.2, -0.15) is 0 Å². The van der Waals surface area contributed by atoms with Crippen molar-refractivity contribution in [2.24, 2.45) is 0 Å². The summed E-state index contributed by atoms with van der Waals surface area (Å²) in [4.78, 5) is 30.0. The van der Waals surface area contributed by atoms with Crippen molar-refractivity contribution in [2.75, 3.05) is 36.4 Å². The van der Waals surface area contributed by atoms with Crippen LogP contribution in [0, 0.1) is 0 Å². The number of fused-ring (bicyclic) bond motifs is 1. The standard InChI is InChI=1S/C21H24N4O2S/c26-20(16-5-3-10-22-16)23-19-8-7-18(28-19)21(27)24-12-15(13-24)25-11-9-14-4-1-2-6-17(14)25/h1-2,4,6-8,15-16,22H,3,5,9-13H2,(H,23,26)/t16-/m0/s1. The van der Waals surface area contributed by atoms with E-state index in [1.54, 1.807) is 0 Å². The van der Waals surface area contributed by atoms with E-state index in [1.165, 1.54) is 22.6 Å². The second-order valence-electron chi connectivity index (χ2n) is 7.74. The molecule has 3 aliphatic heterocycles. The summed E-state index contributed by atoms with van der Waals surface area (Å²) in [6, 6.07) is 12.5. The summed E-state index contributed by atoms with van der Waals surface area (Å²) < 4.78 is 0. The maximum Gasteiger partial charge on any atom is 0.264 e. The SMILES string of the molecule is O=C(Nc1ccc(C(=O)N2CC(N3CCc4ccccc43)C2)s1)[C@@H]1CCCN1. The average molecular weight is 397 g/mol. The van der Waals surface area contributed by atoms with E-state index < -0.39 is 0 Å². The van der Waals surface area contributed by atoms with Gasteiger partial charge in [0, 0.05) is 25.3 Å².